The normalized spacial score (nSPS) is 17.8. The lowest BCUT2D eigenvalue weighted by Crippen LogP contribution is -2.44. The maximum atomic E-state index is 5.39. The second-order valence-electron chi connectivity index (χ2n) is 3.20. The topological polar surface area (TPSA) is 33.7 Å². The molecule has 1 saturated heterocycles. The van der Waals surface area contributed by atoms with Crippen molar-refractivity contribution in [1.82, 2.24) is 10.2 Å². The van der Waals surface area contributed by atoms with Crippen LogP contribution in [0.1, 0.15) is 0 Å². The van der Waals surface area contributed by atoms with Crippen molar-refractivity contribution in [3.63, 3.8) is 0 Å². The van der Waals surface area contributed by atoms with Gasteiger partial charge in [0.25, 0.3) is 0 Å². The number of hydrogen-bond acceptors (Lipinski definition) is 4. The van der Waals surface area contributed by atoms with Crippen LogP contribution in [0.5, 0.6) is 0 Å². The van der Waals surface area contributed by atoms with Crippen molar-refractivity contribution in [3.05, 3.63) is 0 Å². The van der Waals surface area contributed by atoms with Gasteiger partial charge in [0.15, 0.2) is 0 Å². The zero-order valence-corrected chi connectivity index (χ0v) is 9.65. The summed E-state index contributed by atoms with van der Waals surface area (Å²) in [5, 5.41) is 3.32. The molecule has 0 unspecified atom stereocenters. The fraction of sp³-hybridized carbons (Fsp3) is 1.00. The lowest BCUT2D eigenvalue weighted by atomic mass is 10.4. The van der Waals surface area contributed by atoms with Gasteiger partial charge in [0.05, 0.1) is 19.8 Å². The van der Waals surface area contributed by atoms with Crippen molar-refractivity contribution in [2.24, 2.45) is 0 Å². The molecule has 4 nitrogen and oxygen atoms in total. The fourth-order valence-electron chi connectivity index (χ4n) is 1.37. The van der Waals surface area contributed by atoms with E-state index in [-0.39, 0.29) is 12.4 Å². The summed E-state index contributed by atoms with van der Waals surface area (Å²) in [6.07, 6.45) is 0. The van der Waals surface area contributed by atoms with Crippen LogP contribution in [0.2, 0.25) is 0 Å². The number of methoxy groups -OCH3 is 1. The largest absolute Gasteiger partial charge is 0.382 e. The molecule has 1 aliphatic rings. The lowest BCUT2D eigenvalue weighted by Gasteiger charge is -2.26. The second kappa shape index (κ2) is 9.68. The average Bonchev–Trinajstić information content (AvgIpc) is 2.19. The summed E-state index contributed by atoms with van der Waals surface area (Å²) in [4.78, 5) is 2.42. The van der Waals surface area contributed by atoms with Crippen LogP contribution in [0.25, 0.3) is 0 Å². The van der Waals surface area contributed by atoms with Crippen LogP contribution in [0.15, 0.2) is 0 Å². The number of piperazine rings is 1. The highest BCUT2D eigenvalue weighted by molar-refractivity contribution is 5.85. The molecule has 0 aromatic rings. The Morgan fingerprint density at radius 3 is 2.50 bits per heavy atom. The molecular weight excluding hydrogens is 204 g/mol. The monoisotopic (exact) mass is 224 g/mol. The van der Waals surface area contributed by atoms with Gasteiger partial charge in [-0.15, -0.1) is 12.4 Å². The van der Waals surface area contributed by atoms with Gasteiger partial charge in [0.2, 0.25) is 0 Å². The first-order valence-electron chi connectivity index (χ1n) is 4.93. The van der Waals surface area contributed by atoms with Crippen molar-refractivity contribution in [2.45, 2.75) is 0 Å². The molecular formula is C9H21ClN2O2. The van der Waals surface area contributed by atoms with Crippen LogP contribution < -0.4 is 5.32 Å². The van der Waals surface area contributed by atoms with E-state index < -0.39 is 0 Å². The van der Waals surface area contributed by atoms with Gasteiger partial charge in [-0.1, -0.05) is 0 Å². The molecule has 0 saturated carbocycles. The van der Waals surface area contributed by atoms with Crippen LogP contribution in [-0.2, 0) is 9.47 Å². The SMILES string of the molecule is COCCOCCN1CCNCC1.Cl. The van der Waals surface area contributed by atoms with E-state index in [1.54, 1.807) is 7.11 Å². The Balaban J connectivity index is 0.00000169. The fourth-order valence-corrected chi connectivity index (χ4v) is 1.37. The smallest absolute Gasteiger partial charge is 0.0700 e. The zero-order valence-electron chi connectivity index (χ0n) is 8.83. The first kappa shape index (κ1) is 14.1. The Bertz CT molecular complexity index is 121. The zero-order chi connectivity index (χ0) is 9.36. The van der Waals surface area contributed by atoms with Gasteiger partial charge in [-0.25, -0.2) is 0 Å². The van der Waals surface area contributed by atoms with E-state index in [1.807, 2.05) is 0 Å². The van der Waals surface area contributed by atoms with Gasteiger partial charge in [-0.3, -0.25) is 4.90 Å². The predicted molar refractivity (Wildman–Crippen MR) is 59.3 cm³/mol. The molecule has 14 heavy (non-hydrogen) atoms. The summed E-state index contributed by atoms with van der Waals surface area (Å²) in [6, 6.07) is 0. The molecule has 0 aromatic carbocycles. The summed E-state index contributed by atoms with van der Waals surface area (Å²) in [6.45, 7) is 7.79. The van der Waals surface area contributed by atoms with E-state index in [0.29, 0.717) is 13.2 Å². The van der Waals surface area contributed by atoms with E-state index in [2.05, 4.69) is 10.2 Å². The Morgan fingerprint density at radius 1 is 1.14 bits per heavy atom. The molecule has 1 heterocycles. The minimum absolute atomic E-state index is 0. The lowest BCUT2D eigenvalue weighted by molar-refractivity contribution is 0.0554. The highest BCUT2D eigenvalue weighted by Gasteiger charge is 2.07. The second-order valence-corrected chi connectivity index (χ2v) is 3.20. The van der Waals surface area contributed by atoms with Crippen molar-refractivity contribution in [3.8, 4) is 0 Å². The van der Waals surface area contributed by atoms with Gasteiger partial charge in [0.1, 0.15) is 0 Å². The molecule has 0 amide bonds. The maximum Gasteiger partial charge on any atom is 0.0700 e. The molecule has 0 aliphatic carbocycles. The summed E-state index contributed by atoms with van der Waals surface area (Å²) >= 11 is 0. The third-order valence-corrected chi connectivity index (χ3v) is 2.19. The van der Waals surface area contributed by atoms with Crippen LogP contribution in [0.3, 0.4) is 0 Å². The molecule has 86 valence electrons. The Labute approximate surface area is 92.3 Å². The first-order valence-corrected chi connectivity index (χ1v) is 4.93. The van der Waals surface area contributed by atoms with Gasteiger partial charge >= 0.3 is 0 Å². The quantitative estimate of drug-likeness (QED) is 0.643. The van der Waals surface area contributed by atoms with Crippen LogP contribution in [0, 0.1) is 0 Å². The molecule has 5 heteroatoms. The standard InChI is InChI=1S/C9H20N2O2.ClH/c1-12-8-9-13-7-6-11-4-2-10-3-5-11;/h10H,2-9H2,1H3;1H. The van der Waals surface area contributed by atoms with Crippen LogP contribution in [0.4, 0.5) is 0 Å². The molecule has 1 fully saturated rings. The van der Waals surface area contributed by atoms with Gasteiger partial charge in [0, 0.05) is 39.8 Å². The number of ether oxygens (including phenoxy) is 2. The van der Waals surface area contributed by atoms with Gasteiger partial charge in [-0.05, 0) is 0 Å². The van der Waals surface area contributed by atoms with Crippen LogP contribution >= 0.6 is 12.4 Å². The van der Waals surface area contributed by atoms with Crippen LogP contribution in [-0.4, -0.2) is 64.6 Å². The molecule has 0 spiro atoms. The summed E-state index contributed by atoms with van der Waals surface area (Å²) in [7, 11) is 1.69. The summed E-state index contributed by atoms with van der Waals surface area (Å²) in [5.74, 6) is 0. The number of nitrogens with zero attached hydrogens (tertiary/aromatic N) is 1. The minimum atomic E-state index is 0. The summed E-state index contributed by atoms with van der Waals surface area (Å²) < 4.78 is 10.3. The average molecular weight is 225 g/mol. The van der Waals surface area contributed by atoms with E-state index >= 15 is 0 Å². The number of nitrogens with one attached hydrogen (secondary N) is 1. The number of halogens is 1. The van der Waals surface area contributed by atoms with E-state index in [1.165, 1.54) is 0 Å². The van der Waals surface area contributed by atoms with Crippen molar-refractivity contribution in [1.29, 1.82) is 0 Å². The molecule has 1 aliphatic heterocycles. The van der Waals surface area contributed by atoms with Crippen molar-refractivity contribution < 1.29 is 9.47 Å². The molecule has 1 rings (SSSR count). The Morgan fingerprint density at radius 2 is 1.86 bits per heavy atom. The van der Waals surface area contributed by atoms with Crippen molar-refractivity contribution in [2.75, 3.05) is 59.7 Å². The third-order valence-electron chi connectivity index (χ3n) is 2.19. The summed E-state index contributed by atoms with van der Waals surface area (Å²) in [5.41, 5.74) is 0. The number of hydrogen-bond donors (Lipinski definition) is 1. The Hall–Kier alpha value is 0.130. The van der Waals surface area contributed by atoms with E-state index in [4.69, 9.17) is 9.47 Å². The number of rotatable bonds is 6. The predicted octanol–water partition coefficient (Wildman–Crippen LogP) is -0.0236. The first-order chi connectivity index (χ1) is 6.43. The van der Waals surface area contributed by atoms with E-state index in [0.717, 1.165) is 39.3 Å². The maximum absolute atomic E-state index is 5.39. The Kier molecular flexibility index (Phi) is 9.77. The van der Waals surface area contributed by atoms with E-state index in [9.17, 15) is 0 Å². The highest BCUT2D eigenvalue weighted by Crippen LogP contribution is 1.91. The minimum Gasteiger partial charge on any atom is -0.382 e. The van der Waals surface area contributed by atoms with Gasteiger partial charge < -0.3 is 14.8 Å². The van der Waals surface area contributed by atoms with Crippen molar-refractivity contribution >= 4 is 12.4 Å². The third kappa shape index (κ3) is 6.56. The molecule has 0 aromatic heterocycles. The molecule has 0 bridgehead atoms. The molecule has 0 radical (unpaired) electrons. The highest BCUT2D eigenvalue weighted by atomic mass is 35.5. The van der Waals surface area contributed by atoms with Gasteiger partial charge in [-0.2, -0.15) is 0 Å². The molecule has 0 atom stereocenters. The molecule has 1 N–H and O–H groups in total.